The first kappa shape index (κ1) is 26.7. The summed E-state index contributed by atoms with van der Waals surface area (Å²) in [5.74, 6) is 0.118. The molecule has 9 heteroatoms. The van der Waals surface area contributed by atoms with Crippen molar-refractivity contribution in [2.45, 2.75) is 38.6 Å². The molecule has 6 rings (SSSR count). The number of likely N-dealkylation sites (tertiary alicyclic amines) is 2. The Balaban J connectivity index is 1.35. The van der Waals surface area contributed by atoms with Crippen LogP contribution in [0.15, 0.2) is 71.7 Å². The first-order valence-electron chi connectivity index (χ1n) is 14.2. The molecule has 0 unspecified atom stereocenters. The van der Waals surface area contributed by atoms with Gasteiger partial charge in [0.1, 0.15) is 0 Å². The van der Waals surface area contributed by atoms with Crippen LogP contribution >= 0.6 is 0 Å². The quantitative estimate of drug-likeness (QED) is 0.157. The molecule has 4 aromatic rings. The van der Waals surface area contributed by atoms with E-state index in [4.69, 9.17) is 4.99 Å². The number of carbonyl (C=O) groups excluding carboxylic acids is 1. The zero-order chi connectivity index (χ0) is 28.3. The van der Waals surface area contributed by atoms with E-state index < -0.39 is 4.92 Å². The standard InChI is InChI=1S/C32H33N5O4/c38-29-4-3-18-36(29)19-15-22-5-9-24(10-6-22)31(30-27-20-26(37(40)41)13-14-28(27)34-32(30)39)33-25-11-7-23(8-12-25)21-35-16-1-2-17-35/h5-14,20,34,39H,1-4,15-19,21H2. The van der Waals surface area contributed by atoms with E-state index in [0.717, 1.165) is 55.8 Å². The van der Waals surface area contributed by atoms with Crippen molar-refractivity contribution in [2.75, 3.05) is 26.2 Å². The van der Waals surface area contributed by atoms with Crippen LogP contribution in [-0.2, 0) is 17.8 Å². The molecule has 2 aliphatic heterocycles. The molecule has 3 heterocycles. The molecule has 1 amide bonds. The van der Waals surface area contributed by atoms with Gasteiger partial charge in [-0.2, -0.15) is 0 Å². The SMILES string of the molecule is O=C1CCCN1CCc1ccc(C(=Nc2ccc(CN3CCCC3)cc2)c2c(O)[nH]c3ccc([N+](=O)[O-])cc23)cc1. The van der Waals surface area contributed by atoms with Crippen molar-refractivity contribution >= 4 is 33.9 Å². The van der Waals surface area contributed by atoms with Gasteiger partial charge in [0.05, 0.1) is 21.9 Å². The number of rotatable bonds is 9. The van der Waals surface area contributed by atoms with Gasteiger partial charge >= 0.3 is 0 Å². The zero-order valence-corrected chi connectivity index (χ0v) is 22.9. The minimum Gasteiger partial charge on any atom is -0.494 e. The molecule has 210 valence electrons. The van der Waals surface area contributed by atoms with E-state index in [0.29, 0.717) is 35.1 Å². The highest BCUT2D eigenvalue weighted by atomic mass is 16.6. The minimum atomic E-state index is -0.441. The molecule has 1 aromatic heterocycles. The van der Waals surface area contributed by atoms with Gasteiger partial charge in [-0.3, -0.25) is 19.8 Å². The number of aromatic amines is 1. The van der Waals surface area contributed by atoms with Gasteiger partial charge in [-0.15, -0.1) is 0 Å². The number of nitrogens with zero attached hydrogens (tertiary/aromatic N) is 4. The van der Waals surface area contributed by atoms with E-state index in [-0.39, 0.29) is 17.5 Å². The van der Waals surface area contributed by atoms with Crippen LogP contribution in [0.1, 0.15) is 47.9 Å². The highest BCUT2D eigenvalue weighted by Gasteiger charge is 2.22. The largest absolute Gasteiger partial charge is 0.494 e. The number of aromatic nitrogens is 1. The van der Waals surface area contributed by atoms with E-state index in [2.05, 4.69) is 22.0 Å². The van der Waals surface area contributed by atoms with Crippen LogP contribution in [0.3, 0.4) is 0 Å². The van der Waals surface area contributed by atoms with Gasteiger partial charge in [0.2, 0.25) is 5.91 Å². The second-order valence-corrected chi connectivity index (χ2v) is 10.9. The predicted molar refractivity (Wildman–Crippen MR) is 159 cm³/mol. The van der Waals surface area contributed by atoms with Crippen LogP contribution in [0.2, 0.25) is 0 Å². The molecule has 2 saturated heterocycles. The van der Waals surface area contributed by atoms with E-state index in [1.54, 1.807) is 6.07 Å². The molecular formula is C32H33N5O4. The van der Waals surface area contributed by atoms with Gasteiger partial charge in [0.25, 0.3) is 5.69 Å². The highest BCUT2D eigenvalue weighted by Crippen LogP contribution is 2.34. The molecule has 2 fully saturated rings. The Bertz CT molecular complexity index is 1600. The summed E-state index contributed by atoms with van der Waals surface area (Å²) >= 11 is 0. The Hall–Kier alpha value is -4.50. The van der Waals surface area contributed by atoms with Crippen molar-refractivity contribution < 1.29 is 14.8 Å². The lowest BCUT2D eigenvalue weighted by Crippen LogP contribution is -2.26. The highest BCUT2D eigenvalue weighted by molar-refractivity contribution is 6.22. The van der Waals surface area contributed by atoms with Crippen LogP contribution in [-0.4, -0.2) is 62.6 Å². The van der Waals surface area contributed by atoms with Crippen LogP contribution < -0.4 is 0 Å². The van der Waals surface area contributed by atoms with E-state index in [1.165, 1.54) is 30.5 Å². The third-order valence-electron chi connectivity index (χ3n) is 8.06. The fourth-order valence-corrected chi connectivity index (χ4v) is 5.82. The number of benzene rings is 3. The predicted octanol–water partition coefficient (Wildman–Crippen LogP) is 5.71. The number of fused-ring (bicyclic) bond motifs is 1. The second-order valence-electron chi connectivity index (χ2n) is 10.9. The monoisotopic (exact) mass is 551 g/mol. The summed E-state index contributed by atoms with van der Waals surface area (Å²) in [4.78, 5) is 35.4. The zero-order valence-electron chi connectivity index (χ0n) is 22.9. The van der Waals surface area contributed by atoms with Crippen LogP contribution in [0, 0.1) is 10.1 Å². The number of H-pyrrole nitrogens is 1. The number of non-ortho nitro benzene ring substituents is 1. The molecule has 0 bridgehead atoms. The van der Waals surface area contributed by atoms with Gasteiger partial charge in [-0.1, -0.05) is 36.4 Å². The molecule has 9 nitrogen and oxygen atoms in total. The molecule has 41 heavy (non-hydrogen) atoms. The van der Waals surface area contributed by atoms with Crippen molar-refractivity contribution in [3.63, 3.8) is 0 Å². The summed E-state index contributed by atoms with van der Waals surface area (Å²) in [6.45, 7) is 4.67. The Morgan fingerprint density at radius 2 is 1.68 bits per heavy atom. The van der Waals surface area contributed by atoms with Crippen molar-refractivity contribution in [3.05, 3.63) is 99.1 Å². The van der Waals surface area contributed by atoms with E-state index in [9.17, 15) is 20.0 Å². The fraction of sp³-hybridized carbons (Fsp3) is 0.312. The maximum absolute atomic E-state index is 12.0. The molecule has 2 N–H and O–H groups in total. The number of hydrogen-bond donors (Lipinski definition) is 2. The summed E-state index contributed by atoms with van der Waals surface area (Å²) in [5, 5.41) is 23.1. The second kappa shape index (κ2) is 11.5. The smallest absolute Gasteiger partial charge is 0.270 e. The first-order chi connectivity index (χ1) is 19.9. The number of hydrogen-bond acceptors (Lipinski definition) is 6. The van der Waals surface area contributed by atoms with E-state index in [1.807, 2.05) is 41.3 Å². The van der Waals surface area contributed by atoms with Crippen LogP contribution in [0.5, 0.6) is 5.88 Å². The molecule has 0 saturated carbocycles. The number of nitro groups is 1. The summed E-state index contributed by atoms with van der Waals surface area (Å²) < 4.78 is 0. The summed E-state index contributed by atoms with van der Waals surface area (Å²) in [7, 11) is 0. The number of aliphatic imine (C=N–C) groups is 1. The summed E-state index contributed by atoms with van der Waals surface area (Å²) in [6, 6.07) is 20.5. The molecule has 0 spiro atoms. The van der Waals surface area contributed by atoms with Crippen LogP contribution in [0.25, 0.3) is 10.9 Å². The average Bonchev–Trinajstić information content (AvgIpc) is 3.71. The van der Waals surface area contributed by atoms with Crippen molar-refractivity contribution in [1.29, 1.82) is 0 Å². The molecule has 0 radical (unpaired) electrons. The maximum Gasteiger partial charge on any atom is 0.270 e. The molecular weight excluding hydrogens is 518 g/mol. The number of aromatic hydroxyl groups is 1. The van der Waals surface area contributed by atoms with Crippen molar-refractivity contribution in [1.82, 2.24) is 14.8 Å². The van der Waals surface area contributed by atoms with Crippen LogP contribution in [0.4, 0.5) is 11.4 Å². The Labute approximate surface area is 238 Å². The lowest BCUT2D eigenvalue weighted by Gasteiger charge is -2.15. The Morgan fingerprint density at radius 3 is 2.37 bits per heavy atom. The molecule has 0 aliphatic carbocycles. The van der Waals surface area contributed by atoms with Gasteiger partial charge in [0.15, 0.2) is 5.88 Å². The molecule has 3 aromatic carbocycles. The van der Waals surface area contributed by atoms with Gasteiger partial charge < -0.3 is 15.0 Å². The lowest BCUT2D eigenvalue weighted by atomic mass is 9.98. The van der Waals surface area contributed by atoms with Crippen molar-refractivity contribution in [3.8, 4) is 5.88 Å². The third kappa shape index (κ3) is 5.85. The molecule has 0 atom stereocenters. The summed E-state index contributed by atoms with van der Waals surface area (Å²) in [5.41, 5.74) is 5.27. The van der Waals surface area contributed by atoms with Gasteiger partial charge in [0, 0.05) is 54.7 Å². The normalized spacial score (nSPS) is 16.2. The topological polar surface area (TPSA) is 115 Å². The minimum absolute atomic E-state index is 0.0600. The average molecular weight is 552 g/mol. The number of amides is 1. The molecule has 2 aliphatic rings. The number of nitro benzene ring substituents is 1. The fourth-order valence-electron chi connectivity index (χ4n) is 5.82. The Kier molecular flexibility index (Phi) is 7.52. The maximum atomic E-state index is 12.0. The summed E-state index contributed by atoms with van der Waals surface area (Å²) in [6.07, 6.45) is 4.79. The Morgan fingerprint density at radius 1 is 0.951 bits per heavy atom. The third-order valence-corrected chi connectivity index (χ3v) is 8.06. The number of nitrogens with one attached hydrogen (secondary N) is 1. The van der Waals surface area contributed by atoms with Gasteiger partial charge in [-0.05, 0) is 68.1 Å². The number of carbonyl (C=O) groups is 1. The van der Waals surface area contributed by atoms with Gasteiger partial charge in [-0.25, -0.2) is 4.99 Å². The lowest BCUT2D eigenvalue weighted by molar-refractivity contribution is -0.384. The van der Waals surface area contributed by atoms with E-state index >= 15 is 0 Å². The first-order valence-corrected chi connectivity index (χ1v) is 14.2. The van der Waals surface area contributed by atoms with Crippen molar-refractivity contribution in [2.24, 2.45) is 4.99 Å².